The van der Waals surface area contributed by atoms with E-state index in [0.29, 0.717) is 0 Å². The van der Waals surface area contributed by atoms with Gasteiger partial charge in [-0.15, -0.1) is 0 Å². The lowest BCUT2D eigenvalue weighted by Crippen LogP contribution is -2.28. The maximum atomic E-state index is 12.0. The first-order chi connectivity index (χ1) is 31.4. The fraction of sp³-hybridized carbons (Fsp3) is 0.524. The van der Waals surface area contributed by atoms with Gasteiger partial charge in [0.2, 0.25) is 60.0 Å². The van der Waals surface area contributed by atoms with Crippen molar-refractivity contribution in [2.45, 2.75) is 138 Å². The molecule has 0 radical (unpaired) electrons. The number of carboxylic acids is 4. The van der Waals surface area contributed by atoms with E-state index in [2.05, 4.69) is 39.9 Å². The second kappa shape index (κ2) is 29.9. The van der Waals surface area contributed by atoms with Gasteiger partial charge in [0.15, 0.2) is 0 Å². The summed E-state index contributed by atoms with van der Waals surface area (Å²) in [6, 6.07) is 6.07. The highest BCUT2D eigenvalue weighted by atomic mass is 32.2. The van der Waals surface area contributed by atoms with Crippen molar-refractivity contribution < 1.29 is 73.3 Å². The van der Waals surface area contributed by atoms with Crippen LogP contribution in [0.25, 0.3) is 0 Å². The summed E-state index contributed by atoms with van der Waals surface area (Å²) >= 11 is 0. The lowest BCUT2D eigenvalue weighted by molar-refractivity contribution is -0.139. The fourth-order valence-electron chi connectivity index (χ4n) is 5.38. The minimum Gasteiger partial charge on any atom is -0.481 e. The molecule has 0 fully saturated rings. The third-order valence-corrected chi connectivity index (χ3v) is 19.0. The lowest BCUT2D eigenvalue weighted by Gasteiger charge is -2.17. The predicted octanol–water partition coefficient (Wildman–Crippen LogP) is 4.27. The van der Waals surface area contributed by atoms with E-state index < -0.39 is 108 Å². The van der Waals surface area contributed by atoms with Gasteiger partial charge in [0.25, 0.3) is 0 Å². The van der Waals surface area contributed by atoms with E-state index in [1.165, 1.54) is 102 Å². The average Bonchev–Trinajstić information content (AvgIpc) is 3.28. The molecular weight excluding hydrogens is 1000 g/mol. The monoisotopic (exact) mass is 1060 g/mol. The van der Waals surface area contributed by atoms with Crippen molar-refractivity contribution in [3.63, 3.8) is 0 Å². The van der Waals surface area contributed by atoms with Crippen LogP contribution in [0.15, 0.2) is 94.5 Å². The van der Waals surface area contributed by atoms with Crippen LogP contribution in [-0.4, -0.2) is 139 Å². The molecule has 0 aliphatic carbocycles. The van der Waals surface area contributed by atoms with Gasteiger partial charge in [-0.05, 0) is 75.6 Å². The molecule has 0 aromatic carbocycles. The Kier molecular flexibility index (Phi) is 28.2. The molecule has 392 valence electrons. The SMILES string of the molecule is C.C.C[C@@H](CC(=O)O)[C@H](C)S(=O)(=O)c1ncccn1.C[C@H](CC(=O)O)[C@@H](C)S(=O)(=O)c1ncccn1.C[C@H](CC(=O)O)[C@H](C)S(=O)(=O)c1ncccn1.C[C@H]([C@@H](C)CC(=O)O)S(=O)(=O)c1ncccn1. The summed E-state index contributed by atoms with van der Waals surface area (Å²) in [4.78, 5) is 71.7. The average molecular weight is 1070 g/mol. The molecule has 4 rings (SSSR count). The van der Waals surface area contributed by atoms with Crippen LogP contribution in [-0.2, 0) is 58.5 Å². The lowest BCUT2D eigenvalue weighted by atomic mass is 10.1. The first-order valence-electron chi connectivity index (χ1n) is 20.3. The minimum atomic E-state index is -3.67. The normalized spacial score (nSPS) is 14.7. The number of nitrogens with zero attached hydrogens (tertiary/aromatic N) is 8. The van der Waals surface area contributed by atoms with Crippen LogP contribution in [0.4, 0.5) is 0 Å². The summed E-state index contributed by atoms with van der Waals surface area (Å²) in [5, 5.41) is 30.2. The van der Waals surface area contributed by atoms with Gasteiger partial charge in [-0.2, -0.15) is 0 Å². The standard InChI is InChI=1S/4C10H14N2O4S.2CH4/c4*1-7(6-9(13)14)8(2)17(15,16)10-11-4-3-5-12-10;;/h4*3-5,7-8H,6H2,1-2H3,(H,13,14);2*1H4/t2*7-,8+;2*7-,8-;;/m1010../s1. The molecule has 24 nitrogen and oxygen atoms in total. The second-order valence-corrected chi connectivity index (χ2v) is 24.2. The molecule has 0 saturated carbocycles. The first kappa shape index (κ1) is 66.1. The second-order valence-electron chi connectivity index (χ2n) is 15.4. The van der Waals surface area contributed by atoms with Gasteiger partial charge >= 0.3 is 23.9 Å². The van der Waals surface area contributed by atoms with Gasteiger partial charge in [0.1, 0.15) is 0 Å². The molecule has 0 spiro atoms. The van der Waals surface area contributed by atoms with Gasteiger partial charge in [0.05, 0.1) is 21.0 Å². The van der Waals surface area contributed by atoms with Crippen molar-refractivity contribution in [3.8, 4) is 0 Å². The number of aliphatic carboxylic acids is 4. The summed E-state index contributed by atoms with van der Waals surface area (Å²) in [5.41, 5.74) is 0. The van der Waals surface area contributed by atoms with Crippen LogP contribution in [0.1, 0.15) is 95.9 Å². The first-order valence-corrected chi connectivity index (χ1v) is 26.5. The summed E-state index contributed by atoms with van der Waals surface area (Å²) in [5.74, 6) is -6.07. The Balaban J connectivity index is 0. The molecule has 4 heterocycles. The zero-order valence-corrected chi connectivity index (χ0v) is 41.5. The van der Waals surface area contributed by atoms with E-state index in [1.54, 1.807) is 27.7 Å². The Morgan fingerprint density at radius 2 is 0.471 bits per heavy atom. The molecule has 0 aliphatic heterocycles. The molecule has 28 heteroatoms. The Labute approximate surface area is 409 Å². The predicted molar refractivity (Wildman–Crippen MR) is 254 cm³/mol. The van der Waals surface area contributed by atoms with Crippen molar-refractivity contribution in [1.82, 2.24) is 39.9 Å². The minimum absolute atomic E-state index is 0. The molecule has 0 unspecified atom stereocenters. The maximum Gasteiger partial charge on any atom is 0.303 e. The van der Waals surface area contributed by atoms with Gasteiger partial charge in [-0.1, -0.05) is 42.5 Å². The van der Waals surface area contributed by atoms with E-state index in [-0.39, 0.29) is 61.2 Å². The van der Waals surface area contributed by atoms with Crippen molar-refractivity contribution in [2.75, 3.05) is 0 Å². The molecule has 4 aromatic heterocycles. The number of carbonyl (C=O) groups is 4. The number of hydrogen-bond donors (Lipinski definition) is 4. The van der Waals surface area contributed by atoms with Crippen LogP contribution in [0.3, 0.4) is 0 Å². The van der Waals surface area contributed by atoms with Crippen molar-refractivity contribution in [3.05, 3.63) is 73.8 Å². The maximum absolute atomic E-state index is 12.0. The number of hydrogen-bond acceptors (Lipinski definition) is 20. The largest absolute Gasteiger partial charge is 0.481 e. The molecule has 0 aliphatic rings. The third-order valence-electron chi connectivity index (χ3n) is 10.3. The quantitative estimate of drug-likeness (QED) is 0.0897. The number of rotatable bonds is 20. The van der Waals surface area contributed by atoms with Crippen molar-refractivity contribution in [2.24, 2.45) is 23.7 Å². The summed E-state index contributed by atoms with van der Waals surface area (Å²) in [6.45, 7) is 12.2. The van der Waals surface area contributed by atoms with E-state index >= 15 is 0 Å². The smallest absolute Gasteiger partial charge is 0.303 e. The Bertz CT molecular complexity index is 2320. The van der Waals surface area contributed by atoms with Crippen molar-refractivity contribution >= 4 is 63.2 Å². The highest BCUT2D eigenvalue weighted by Crippen LogP contribution is 2.24. The fourth-order valence-corrected chi connectivity index (χ4v) is 11.2. The zero-order valence-electron chi connectivity index (χ0n) is 38.3. The third kappa shape index (κ3) is 20.5. The Morgan fingerprint density at radius 1 is 0.343 bits per heavy atom. The molecule has 0 bridgehead atoms. The summed E-state index contributed by atoms with van der Waals surface area (Å²) in [7, 11) is -14.7. The highest BCUT2D eigenvalue weighted by molar-refractivity contribution is 7.92. The van der Waals surface area contributed by atoms with Gasteiger partial charge < -0.3 is 20.4 Å². The van der Waals surface area contributed by atoms with Gasteiger partial charge in [-0.25, -0.2) is 73.5 Å². The highest BCUT2D eigenvalue weighted by Gasteiger charge is 2.34. The van der Waals surface area contributed by atoms with E-state index in [1.807, 2.05) is 0 Å². The van der Waals surface area contributed by atoms with Crippen LogP contribution in [0, 0.1) is 23.7 Å². The molecule has 8 atom stereocenters. The number of sulfone groups is 4. The summed E-state index contributed by atoms with van der Waals surface area (Å²) in [6.07, 6.45) is 9.93. The molecule has 4 aromatic rings. The van der Waals surface area contributed by atoms with Crippen LogP contribution >= 0.6 is 0 Å². The van der Waals surface area contributed by atoms with Gasteiger partial charge in [-0.3, -0.25) is 19.2 Å². The van der Waals surface area contributed by atoms with Gasteiger partial charge in [0, 0.05) is 75.3 Å². The van der Waals surface area contributed by atoms with E-state index in [4.69, 9.17) is 20.4 Å². The Morgan fingerprint density at radius 3 is 0.586 bits per heavy atom. The van der Waals surface area contributed by atoms with Crippen molar-refractivity contribution in [1.29, 1.82) is 0 Å². The van der Waals surface area contributed by atoms with Crippen LogP contribution in [0.2, 0.25) is 0 Å². The zero-order chi connectivity index (χ0) is 52.2. The molecule has 0 amide bonds. The summed E-state index contributed by atoms with van der Waals surface area (Å²) < 4.78 is 96.3. The van der Waals surface area contributed by atoms with Crippen LogP contribution in [0.5, 0.6) is 0 Å². The molecular formula is C42H64N8O16S4. The van der Waals surface area contributed by atoms with Crippen LogP contribution < -0.4 is 0 Å². The molecule has 0 saturated heterocycles. The molecule has 70 heavy (non-hydrogen) atoms. The number of carboxylic acid groups (broad SMARTS) is 4. The number of aromatic nitrogens is 8. The van der Waals surface area contributed by atoms with E-state index in [0.717, 1.165) is 0 Å². The van der Waals surface area contributed by atoms with E-state index in [9.17, 15) is 52.8 Å². The Hall–Kier alpha value is -6.00. The molecule has 4 N–H and O–H groups in total. The topological polar surface area (TPSA) is 389 Å².